The van der Waals surface area contributed by atoms with Crippen molar-refractivity contribution in [1.82, 2.24) is 40.5 Å². The van der Waals surface area contributed by atoms with Crippen molar-refractivity contribution in [3.63, 3.8) is 0 Å². The molecule has 9 aliphatic rings. The molecule has 726 valence electrons. The van der Waals surface area contributed by atoms with Crippen LogP contribution in [0.5, 0.6) is 23.0 Å². The zero-order chi connectivity index (χ0) is 96.3. The van der Waals surface area contributed by atoms with E-state index in [0.29, 0.717) is 47.9 Å². The number of nitrogens with one attached hydrogen (secondary N) is 8. The topological polar surface area (TPSA) is 475 Å². The summed E-state index contributed by atoms with van der Waals surface area (Å²) in [6.07, 6.45) is -1.70. The Kier molecular flexibility index (Phi) is 38.0. The van der Waals surface area contributed by atoms with Gasteiger partial charge in [0.1, 0.15) is 63.8 Å². The number of amides is 10. The van der Waals surface area contributed by atoms with Crippen molar-refractivity contribution in [3.05, 3.63) is 155 Å². The third-order valence-corrected chi connectivity index (χ3v) is 28.8. The van der Waals surface area contributed by atoms with Crippen LogP contribution in [-0.4, -0.2) is 269 Å². The number of fused-ring (bicyclic) bond motifs is 2. The molecule has 3 saturated heterocycles. The minimum absolute atomic E-state index is 0.000971. The van der Waals surface area contributed by atoms with Crippen LogP contribution in [0.25, 0.3) is 0 Å². The Morgan fingerprint density at radius 3 is 1.44 bits per heavy atom. The van der Waals surface area contributed by atoms with Crippen molar-refractivity contribution < 1.29 is 122 Å². The summed E-state index contributed by atoms with van der Waals surface area (Å²) in [4.78, 5) is 179. The summed E-state index contributed by atoms with van der Waals surface area (Å²) in [7, 11) is -3.36. The van der Waals surface area contributed by atoms with Gasteiger partial charge in [-0.2, -0.15) is 0 Å². The zero-order valence-corrected chi connectivity index (χ0v) is 79.4. The van der Waals surface area contributed by atoms with E-state index in [9.17, 15) is 64.8 Å². The lowest BCUT2D eigenvalue weighted by atomic mass is 9.90. The molecule has 134 heavy (non-hydrogen) atoms. The van der Waals surface area contributed by atoms with E-state index in [4.69, 9.17) is 47.4 Å². The number of rotatable bonds is 22. The van der Waals surface area contributed by atoms with Crippen LogP contribution >= 0.6 is 23.5 Å². The molecule has 8 N–H and O–H groups in total. The summed E-state index contributed by atoms with van der Waals surface area (Å²) in [5, 5.41) is 16.8. The average molecular weight is 1940 g/mol. The smallest absolute Gasteiger partial charge is 0.414 e. The Labute approximate surface area is 787 Å². The maximum Gasteiger partial charge on any atom is 0.414 e. The van der Waals surface area contributed by atoms with E-state index in [0.717, 1.165) is 11.1 Å². The largest absolute Gasteiger partial charge is 0.493 e. The average Bonchev–Trinajstić information content (AvgIpc) is 1.59. The molecule has 38 nitrogen and oxygen atoms in total. The number of thioether (sulfide) groups is 2. The summed E-state index contributed by atoms with van der Waals surface area (Å²) >= 11 is 2.36. The first-order valence-corrected chi connectivity index (χ1v) is 49.8. The van der Waals surface area contributed by atoms with Crippen LogP contribution in [0.2, 0.25) is 0 Å². The van der Waals surface area contributed by atoms with Gasteiger partial charge in [0, 0.05) is 105 Å². The predicted octanol–water partition coefficient (Wildman–Crippen LogP) is 7.07. The van der Waals surface area contributed by atoms with Gasteiger partial charge < -0.3 is 89.1 Å². The van der Waals surface area contributed by atoms with Gasteiger partial charge in [-0.05, 0) is 123 Å². The highest BCUT2D eigenvalue weighted by molar-refractivity contribution is 8.16. The number of nitrogens with zero attached hydrogens (tertiary/aromatic N) is 4. The second-order valence-corrected chi connectivity index (χ2v) is 39.8. The number of ether oxygens (including phenoxy) is 10. The van der Waals surface area contributed by atoms with Gasteiger partial charge in [-0.1, -0.05) is 80.6 Å². The molecule has 42 heteroatoms. The molecular formula is C92H118N12O26S4. The number of sulfonamides is 2. The highest BCUT2D eigenvalue weighted by Crippen LogP contribution is 2.45. The number of carbonyl (C=O) groups excluding carboxylic acids is 12. The van der Waals surface area contributed by atoms with Gasteiger partial charge in [0.15, 0.2) is 34.6 Å². The van der Waals surface area contributed by atoms with Crippen LogP contribution in [-0.2, 0) is 113 Å². The van der Waals surface area contributed by atoms with Crippen LogP contribution in [0.4, 0.5) is 32.3 Å². The molecule has 0 saturated carbocycles. The molecule has 14 rings (SSSR count). The molecule has 0 spiro atoms. The first-order chi connectivity index (χ1) is 64.2. The van der Waals surface area contributed by atoms with Crippen LogP contribution in [0, 0.1) is 11.8 Å². The summed E-state index contributed by atoms with van der Waals surface area (Å²) < 4.78 is 119. The summed E-state index contributed by atoms with van der Waals surface area (Å²) in [6.45, 7) is 13.1. The quantitative estimate of drug-likeness (QED) is 0.0254. The lowest BCUT2D eigenvalue weighted by Crippen LogP contribution is -2.60. The van der Waals surface area contributed by atoms with Crippen molar-refractivity contribution in [1.29, 1.82) is 0 Å². The zero-order valence-electron chi connectivity index (χ0n) is 76.1. The highest BCUT2D eigenvalue weighted by atomic mass is 32.2. The standard InChI is InChI=1S/C92H118N12O26S4/c1-56-37-67-48-103-73-44-79(77(123-8)42-68(73)89(113)101(67)46-56)127-51-63-15-14-16-64(41-63)52-128-80-45-74-69(43-78(80)124-9)90(114)102-47-57(2)38-72(102)60(5)104(74)92(116)130-50-62-21-25-66(26-22-62)96-88(112)71(18-11-13-28-94-82(108)54-126-32-30-122-7)98-86(110)59(4)40-76(106)84-83(99-133(117,118)35-33-131-55-132-34-36-134(119,120)100-84)75(105)39-58(3)85(109)97-70(17-10-12-27-93-81(107)53-125-31-29-121-6)87(111)95-65-23-19-61(20-24-65)49-129-91(103)115/h14-16,19-26,41-45,58-60,67,70-72,83-84,99-100H,1-2,10-13,17-18,27-40,46-55H2,3-9H3,(H,93,107)(H,94,108)(H,95,111)(H,96,112)(H,97,109)(H,98,110)/t58-,59-,60?,67+,70+,71+,72+,83-,84-/m1/s1. The Morgan fingerprint density at radius 2 is 0.955 bits per heavy atom. The monoisotopic (exact) mass is 1930 g/mol. The number of anilines is 4. The minimum Gasteiger partial charge on any atom is -0.493 e. The lowest BCUT2D eigenvalue weighted by molar-refractivity contribution is -0.134. The van der Waals surface area contributed by atoms with E-state index in [-0.39, 0.29) is 210 Å². The molecule has 9 heterocycles. The van der Waals surface area contributed by atoms with Gasteiger partial charge in [-0.15, -0.1) is 23.5 Å². The van der Waals surface area contributed by atoms with Gasteiger partial charge in [0.25, 0.3) is 11.8 Å². The number of benzene rings is 5. The first-order valence-electron chi connectivity index (χ1n) is 44.1. The fourth-order valence-electron chi connectivity index (χ4n) is 16.0. The van der Waals surface area contributed by atoms with Gasteiger partial charge >= 0.3 is 12.2 Å². The molecule has 10 amide bonds. The second kappa shape index (κ2) is 49.3. The van der Waals surface area contributed by atoms with E-state index in [1.165, 1.54) is 112 Å². The third-order valence-electron chi connectivity index (χ3n) is 23.3. The number of Topliss-reactive ketones (excluding diaryl/α,β-unsaturated/α-hetero) is 2. The molecule has 1 unspecified atom stereocenters. The number of hydrogen-bond donors (Lipinski definition) is 8. The molecule has 0 aromatic heterocycles. The molecule has 9 atom stereocenters. The highest BCUT2D eigenvalue weighted by Gasteiger charge is 2.47. The summed E-state index contributed by atoms with van der Waals surface area (Å²) in [6, 6.07) is 16.9. The van der Waals surface area contributed by atoms with Crippen molar-refractivity contribution >= 4 is 137 Å². The lowest BCUT2D eigenvalue weighted by Gasteiger charge is -2.33. The fraction of sp³-hybridized carbons (Fsp3) is 0.500. The number of hydrogen-bond acceptors (Lipinski definition) is 28. The Bertz CT molecular complexity index is 5340. The van der Waals surface area contributed by atoms with Crippen LogP contribution in [0.3, 0.4) is 0 Å². The number of methoxy groups -OCH3 is 4. The number of ketones is 2. The van der Waals surface area contributed by atoms with E-state index in [1.807, 2.05) is 18.2 Å². The number of unbranched alkanes of at least 4 members (excludes halogenated alkanes) is 2. The minimum atomic E-state index is -4.59. The van der Waals surface area contributed by atoms with Crippen molar-refractivity contribution in [2.75, 3.05) is 149 Å². The molecule has 3 fully saturated rings. The maximum atomic E-state index is 15.1. The molecule has 10 bridgehead atoms. The fourth-order valence-corrected chi connectivity index (χ4v) is 21.7. The molecule has 5 aromatic carbocycles. The molecular weight excluding hydrogens is 1820 g/mol. The van der Waals surface area contributed by atoms with Crippen LogP contribution < -0.4 is 70.1 Å². The van der Waals surface area contributed by atoms with Crippen LogP contribution in [0.15, 0.2) is 121 Å². The second-order valence-electron chi connectivity index (χ2n) is 33.4. The SMILES string of the molecule is C=C1C[C@H]2CN3C(=O)OCc4ccc(cc4)NC(=O)[C@H](CCCCNC(=O)COCCOC)NC(=O)[C@H](C)CC(=O)[C@H]4NS(=O)(=O)CCSCSCCS(=O)(=O)N[C@@H]4C(=O)C[C@@H](C)C(=O)N[C@@H](CCCCNC(=O)COCCOC)C(=O)Nc4ccc(cc4)COC(=O)N4c5cc(c(OC)cc5C(=O)N5CC(=C)C[C@H]5C4C)OCc4cccc(c4)COc4cc3c(cc4OC)C(=O)N2C1. The third kappa shape index (κ3) is 28.9. The molecule has 0 aliphatic carbocycles. The van der Waals surface area contributed by atoms with Gasteiger partial charge in [0.05, 0.1) is 99.3 Å². The van der Waals surface area contributed by atoms with Crippen molar-refractivity contribution in [2.24, 2.45) is 11.8 Å². The first kappa shape index (κ1) is 103. The maximum absolute atomic E-state index is 15.1. The van der Waals surface area contributed by atoms with Crippen LogP contribution in [0.1, 0.15) is 128 Å². The van der Waals surface area contributed by atoms with E-state index in [2.05, 4.69) is 54.5 Å². The Morgan fingerprint density at radius 1 is 0.507 bits per heavy atom. The van der Waals surface area contributed by atoms with Crippen molar-refractivity contribution in [3.8, 4) is 23.0 Å². The summed E-state index contributed by atoms with van der Waals surface area (Å²) in [5.41, 5.74) is 4.80. The van der Waals surface area contributed by atoms with E-state index >= 15 is 9.59 Å². The molecule has 5 aromatic rings. The van der Waals surface area contributed by atoms with Gasteiger partial charge in [0.2, 0.25) is 55.5 Å². The number of carbonyl (C=O) groups is 12. The predicted molar refractivity (Wildman–Crippen MR) is 500 cm³/mol. The van der Waals surface area contributed by atoms with Gasteiger partial charge in [-0.3, -0.25) is 57.7 Å². The molecule has 0 radical (unpaired) electrons. The Balaban J connectivity index is 0.911. The Hall–Kier alpha value is -11.2. The van der Waals surface area contributed by atoms with Gasteiger partial charge in [-0.25, -0.2) is 35.9 Å². The molecule has 9 aliphatic heterocycles. The normalized spacial score (nSPS) is 22.9. The van der Waals surface area contributed by atoms with E-state index < -0.39 is 158 Å². The summed E-state index contributed by atoms with van der Waals surface area (Å²) in [5.74, 6) is -10.6. The van der Waals surface area contributed by atoms with Crippen molar-refractivity contribution in [2.45, 2.75) is 154 Å². The van der Waals surface area contributed by atoms with E-state index in [1.54, 1.807) is 59.2 Å².